The van der Waals surface area contributed by atoms with E-state index in [1.807, 2.05) is 35.1 Å². The van der Waals surface area contributed by atoms with Crippen molar-refractivity contribution in [2.75, 3.05) is 7.11 Å². The second-order valence-corrected chi connectivity index (χ2v) is 4.61. The van der Waals surface area contributed by atoms with E-state index in [1.54, 1.807) is 7.11 Å². The summed E-state index contributed by atoms with van der Waals surface area (Å²) in [6.45, 7) is 4.44. The zero-order valence-corrected chi connectivity index (χ0v) is 11.8. The molecule has 3 nitrogen and oxygen atoms in total. The lowest BCUT2D eigenvalue weighted by Crippen LogP contribution is -2.06. The lowest BCUT2D eigenvalue weighted by molar-refractivity contribution is 0.414. The molecule has 0 saturated heterocycles. The van der Waals surface area contributed by atoms with Crippen LogP contribution in [0.5, 0.6) is 5.75 Å². The molecule has 0 saturated carbocycles. The van der Waals surface area contributed by atoms with Crippen LogP contribution in [0.4, 0.5) is 0 Å². The highest BCUT2D eigenvalue weighted by Crippen LogP contribution is 2.21. The fraction of sp³-hybridized carbons (Fsp3) is 0.375. The monoisotopic (exact) mass is 257 g/mol. The van der Waals surface area contributed by atoms with E-state index in [0.29, 0.717) is 5.92 Å². The molecule has 1 aromatic carbocycles. The van der Waals surface area contributed by atoms with Gasteiger partial charge in [-0.3, -0.25) is 0 Å². The van der Waals surface area contributed by atoms with E-state index in [1.165, 1.54) is 0 Å². The van der Waals surface area contributed by atoms with Gasteiger partial charge in [0.15, 0.2) is 0 Å². The van der Waals surface area contributed by atoms with Gasteiger partial charge in [0.05, 0.1) is 12.8 Å². The van der Waals surface area contributed by atoms with E-state index in [-0.39, 0.29) is 0 Å². The Morgan fingerprint density at radius 1 is 1.16 bits per heavy atom. The van der Waals surface area contributed by atoms with Gasteiger partial charge in [0.1, 0.15) is 5.75 Å². The molecule has 3 heteroatoms. The maximum Gasteiger partial charge on any atom is 0.119 e. The quantitative estimate of drug-likeness (QED) is 0.785. The molecule has 1 radical (unpaired) electrons. The van der Waals surface area contributed by atoms with Gasteiger partial charge < -0.3 is 4.74 Å². The molecule has 0 aliphatic rings. The van der Waals surface area contributed by atoms with Gasteiger partial charge in [0, 0.05) is 18.3 Å². The number of nitrogens with zero attached hydrogens (tertiary/aromatic N) is 2. The van der Waals surface area contributed by atoms with Gasteiger partial charge in [-0.2, -0.15) is 5.10 Å². The molecule has 1 heterocycles. The summed E-state index contributed by atoms with van der Waals surface area (Å²) in [5, 5.41) is 4.41. The predicted octanol–water partition coefficient (Wildman–Crippen LogP) is 3.87. The van der Waals surface area contributed by atoms with Crippen LogP contribution in [0.1, 0.15) is 32.4 Å². The Morgan fingerprint density at radius 2 is 1.84 bits per heavy atom. The van der Waals surface area contributed by atoms with Crippen molar-refractivity contribution in [3.8, 4) is 11.4 Å². The molecule has 19 heavy (non-hydrogen) atoms. The van der Waals surface area contributed by atoms with Crippen molar-refractivity contribution in [2.24, 2.45) is 5.92 Å². The molecule has 0 fully saturated rings. The second-order valence-electron chi connectivity index (χ2n) is 4.61. The third-order valence-electron chi connectivity index (χ3n) is 3.44. The number of rotatable bonds is 6. The molecule has 0 atom stereocenters. The molecular formula is C16H21N2O. The summed E-state index contributed by atoms with van der Waals surface area (Å²) in [6.07, 6.45) is 6.46. The number of benzene rings is 1. The maximum absolute atomic E-state index is 5.18. The van der Waals surface area contributed by atoms with Crippen molar-refractivity contribution in [3.05, 3.63) is 48.6 Å². The van der Waals surface area contributed by atoms with Crippen molar-refractivity contribution in [1.82, 2.24) is 9.78 Å². The van der Waals surface area contributed by atoms with Crippen molar-refractivity contribution >= 4 is 0 Å². The molecule has 101 valence electrons. The van der Waals surface area contributed by atoms with Crippen LogP contribution >= 0.6 is 0 Å². The maximum atomic E-state index is 5.18. The highest BCUT2D eigenvalue weighted by Gasteiger charge is 2.11. The van der Waals surface area contributed by atoms with Gasteiger partial charge in [-0.1, -0.05) is 26.7 Å². The molecule has 0 aliphatic carbocycles. The van der Waals surface area contributed by atoms with Crippen LogP contribution in [-0.4, -0.2) is 16.9 Å². The number of methoxy groups -OCH3 is 1. The summed E-state index contributed by atoms with van der Waals surface area (Å²) in [7, 11) is 1.68. The smallest absolute Gasteiger partial charge is 0.119 e. The van der Waals surface area contributed by atoms with E-state index in [2.05, 4.69) is 31.4 Å². The first-order valence-corrected chi connectivity index (χ1v) is 6.81. The topological polar surface area (TPSA) is 27.1 Å². The van der Waals surface area contributed by atoms with Gasteiger partial charge in [0.2, 0.25) is 0 Å². The SMILES string of the molecule is CCC([CH]c1ccnn1-c1ccc(OC)cc1)CC. The van der Waals surface area contributed by atoms with Gasteiger partial charge in [-0.05, 0) is 36.2 Å². The number of ether oxygens (including phenoxy) is 1. The molecule has 0 spiro atoms. The van der Waals surface area contributed by atoms with Gasteiger partial charge in [-0.15, -0.1) is 0 Å². The standard InChI is InChI=1S/C16H21N2O/c1-4-13(5-2)12-15-10-11-17-18(15)14-6-8-16(19-3)9-7-14/h6-13H,4-5H2,1-3H3. The first-order chi connectivity index (χ1) is 9.28. The highest BCUT2D eigenvalue weighted by atomic mass is 16.5. The zero-order valence-electron chi connectivity index (χ0n) is 11.8. The minimum absolute atomic E-state index is 0.605. The summed E-state index contributed by atoms with van der Waals surface area (Å²) in [5.41, 5.74) is 2.21. The van der Waals surface area contributed by atoms with E-state index in [0.717, 1.165) is 30.0 Å². The fourth-order valence-corrected chi connectivity index (χ4v) is 2.14. The van der Waals surface area contributed by atoms with Crippen molar-refractivity contribution in [3.63, 3.8) is 0 Å². The Bertz CT molecular complexity index is 498. The summed E-state index contributed by atoms with van der Waals surface area (Å²) in [4.78, 5) is 0. The van der Waals surface area contributed by atoms with Crippen LogP contribution in [0.15, 0.2) is 36.5 Å². The summed E-state index contributed by atoms with van der Waals surface area (Å²) >= 11 is 0. The zero-order chi connectivity index (χ0) is 13.7. The van der Waals surface area contributed by atoms with Crippen LogP contribution in [0.2, 0.25) is 0 Å². The number of aromatic nitrogens is 2. The number of hydrogen-bond donors (Lipinski definition) is 0. The fourth-order valence-electron chi connectivity index (χ4n) is 2.14. The molecule has 1 aromatic heterocycles. The van der Waals surface area contributed by atoms with Crippen molar-refractivity contribution in [2.45, 2.75) is 26.7 Å². The Balaban J connectivity index is 2.22. The van der Waals surface area contributed by atoms with E-state index >= 15 is 0 Å². The van der Waals surface area contributed by atoms with E-state index < -0.39 is 0 Å². The largest absolute Gasteiger partial charge is 0.497 e. The molecule has 0 N–H and O–H groups in total. The molecule has 2 rings (SSSR count). The van der Waals surface area contributed by atoms with Crippen LogP contribution in [0.3, 0.4) is 0 Å². The molecule has 0 amide bonds. The summed E-state index contributed by atoms with van der Waals surface area (Å²) < 4.78 is 7.15. The number of hydrogen-bond acceptors (Lipinski definition) is 2. The molecule has 2 aromatic rings. The predicted molar refractivity (Wildman–Crippen MR) is 77.6 cm³/mol. The van der Waals surface area contributed by atoms with Crippen molar-refractivity contribution < 1.29 is 4.74 Å². The molecule has 0 bridgehead atoms. The normalized spacial score (nSPS) is 10.9. The molecule has 0 unspecified atom stereocenters. The first-order valence-electron chi connectivity index (χ1n) is 6.81. The van der Waals surface area contributed by atoms with Gasteiger partial charge in [0.25, 0.3) is 0 Å². The van der Waals surface area contributed by atoms with Crippen LogP contribution in [-0.2, 0) is 0 Å². The Labute approximate surface area is 115 Å². The highest BCUT2D eigenvalue weighted by molar-refractivity contribution is 5.39. The summed E-state index contributed by atoms with van der Waals surface area (Å²) in [6, 6.07) is 10.0. The Hall–Kier alpha value is -1.77. The Kier molecular flexibility index (Phi) is 4.61. The van der Waals surface area contributed by atoms with Crippen LogP contribution in [0, 0.1) is 12.3 Å². The van der Waals surface area contributed by atoms with Gasteiger partial charge in [-0.25, -0.2) is 4.68 Å². The van der Waals surface area contributed by atoms with Crippen molar-refractivity contribution in [1.29, 1.82) is 0 Å². The second kappa shape index (κ2) is 6.41. The average molecular weight is 257 g/mol. The molecular weight excluding hydrogens is 236 g/mol. The van der Waals surface area contributed by atoms with Crippen LogP contribution < -0.4 is 4.74 Å². The lowest BCUT2D eigenvalue weighted by atomic mass is 9.97. The van der Waals surface area contributed by atoms with Gasteiger partial charge >= 0.3 is 0 Å². The minimum Gasteiger partial charge on any atom is -0.497 e. The third kappa shape index (κ3) is 3.16. The summed E-state index contributed by atoms with van der Waals surface area (Å²) in [5.74, 6) is 1.47. The average Bonchev–Trinajstić information content (AvgIpc) is 2.93. The Morgan fingerprint density at radius 3 is 2.42 bits per heavy atom. The first kappa shape index (κ1) is 13.7. The minimum atomic E-state index is 0.605. The van der Waals surface area contributed by atoms with Crippen LogP contribution in [0.25, 0.3) is 5.69 Å². The van der Waals surface area contributed by atoms with E-state index in [4.69, 9.17) is 4.74 Å². The lowest BCUT2D eigenvalue weighted by Gasteiger charge is -2.13. The molecule has 0 aliphatic heterocycles. The van der Waals surface area contributed by atoms with E-state index in [9.17, 15) is 0 Å². The third-order valence-corrected chi connectivity index (χ3v) is 3.44.